The predicted molar refractivity (Wildman–Crippen MR) is 92.9 cm³/mol. The SMILES string of the molecule is Cc1nn(C)c(C)c1NC(=O)CN1c2ccccc2CC[C@H]1C. The first kappa shape index (κ1) is 15.6. The first-order valence-electron chi connectivity index (χ1n) is 8.12. The Morgan fingerprint density at radius 2 is 2.09 bits per heavy atom. The summed E-state index contributed by atoms with van der Waals surface area (Å²) in [7, 11) is 1.89. The number of para-hydroxylation sites is 1. The van der Waals surface area contributed by atoms with E-state index in [9.17, 15) is 4.79 Å². The Morgan fingerprint density at radius 3 is 2.78 bits per heavy atom. The Bertz CT molecular complexity index is 735. The Labute approximate surface area is 137 Å². The molecule has 0 aliphatic carbocycles. The molecule has 0 unspecified atom stereocenters. The Hall–Kier alpha value is -2.30. The fraction of sp³-hybridized carbons (Fsp3) is 0.444. The number of aromatic nitrogens is 2. The molecular weight excluding hydrogens is 288 g/mol. The van der Waals surface area contributed by atoms with Gasteiger partial charge < -0.3 is 10.2 Å². The highest BCUT2D eigenvalue weighted by Crippen LogP contribution is 2.30. The smallest absolute Gasteiger partial charge is 0.244 e. The Kier molecular flexibility index (Phi) is 4.11. The van der Waals surface area contributed by atoms with E-state index in [1.807, 2.05) is 27.0 Å². The number of carbonyl (C=O) groups excluding carboxylic acids is 1. The van der Waals surface area contributed by atoms with Crippen molar-refractivity contribution in [2.24, 2.45) is 7.05 Å². The molecular formula is C18H24N4O. The van der Waals surface area contributed by atoms with E-state index in [1.54, 1.807) is 4.68 Å². The molecule has 23 heavy (non-hydrogen) atoms. The van der Waals surface area contributed by atoms with E-state index >= 15 is 0 Å². The van der Waals surface area contributed by atoms with E-state index in [-0.39, 0.29) is 5.91 Å². The lowest BCUT2D eigenvalue weighted by molar-refractivity contribution is -0.115. The standard InChI is InChI=1S/C18H24N4O/c1-12-9-10-15-7-5-6-8-16(15)22(12)11-17(23)19-18-13(2)20-21(4)14(18)3/h5-8,12H,9-11H2,1-4H3,(H,19,23)/t12-/m1/s1. The summed E-state index contributed by atoms with van der Waals surface area (Å²) in [6, 6.07) is 8.74. The molecule has 1 amide bonds. The minimum Gasteiger partial charge on any atom is -0.359 e. The summed E-state index contributed by atoms with van der Waals surface area (Å²) in [5, 5.41) is 7.38. The number of hydrogen-bond donors (Lipinski definition) is 1. The van der Waals surface area contributed by atoms with Crippen LogP contribution >= 0.6 is 0 Å². The van der Waals surface area contributed by atoms with E-state index in [4.69, 9.17) is 0 Å². The van der Waals surface area contributed by atoms with Crippen molar-refractivity contribution in [3.8, 4) is 0 Å². The molecule has 5 nitrogen and oxygen atoms in total. The van der Waals surface area contributed by atoms with E-state index in [0.717, 1.165) is 29.9 Å². The van der Waals surface area contributed by atoms with Crippen LogP contribution in [0.1, 0.15) is 30.3 Å². The minimum atomic E-state index is 0.00718. The number of nitrogens with zero attached hydrogens (tertiary/aromatic N) is 3. The fourth-order valence-electron chi connectivity index (χ4n) is 3.29. The van der Waals surface area contributed by atoms with E-state index in [2.05, 4.69) is 40.4 Å². The third-order valence-electron chi connectivity index (χ3n) is 4.75. The monoisotopic (exact) mass is 312 g/mol. The van der Waals surface area contributed by atoms with Crippen LogP contribution in [0.25, 0.3) is 0 Å². The van der Waals surface area contributed by atoms with Crippen LogP contribution in [0, 0.1) is 13.8 Å². The molecule has 1 aliphatic rings. The number of nitrogens with one attached hydrogen (secondary N) is 1. The number of anilines is 2. The van der Waals surface area contributed by atoms with Crippen LogP contribution in [0.2, 0.25) is 0 Å². The number of aryl methyl sites for hydroxylation is 3. The minimum absolute atomic E-state index is 0.00718. The predicted octanol–water partition coefficient (Wildman–Crippen LogP) is 2.82. The van der Waals surface area contributed by atoms with Crippen molar-refractivity contribution in [1.29, 1.82) is 0 Å². The first-order chi connectivity index (χ1) is 11.0. The van der Waals surface area contributed by atoms with Gasteiger partial charge in [-0.3, -0.25) is 9.48 Å². The van der Waals surface area contributed by atoms with Gasteiger partial charge in [0.05, 0.1) is 23.6 Å². The van der Waals surface area contributed by atoms with Crippen LogP contribution in [0.3, 0.4) is 0 Å². The zero-order chi connectivity index (χ0) is 16.6. The van der Waals surface area contributed by atoms with E-state index in [1.165, 1.54) is 11.3 Å². The summed E-state index contributed by atoms with van der Waals surface area (Å²) < 4.78 is 1.80. The number of carbonyl (C=O) groups is 1. The molecule has 1 aromatic carbocycles. The highest BCUT2D eigenvalue weighted by Gasteiger charge is 2.25. The maximum absolute atomic E-state index is 12.6. The Balaban J connectivity index is 1.78. The molecule has 0 fully saturated rings. The second-order valence-electron chi connectivity index (χ2n) is 6.36. The molecule has 0 bridgehead atoms. The average molecular weight is 312 g/mol. The van der Waals surface area contributed by atoms with Gasteiger partial charge in [-0.15, -0.1) is 0 Å². The normalized spacial score (nSPS) is 17.0. The molecule has 1 N–H and O–H groups in total. The van der Waals surface area contributed by atoms with Gasteiger partial charge in [0.15, 0.2) is 0 Å². The van der Waals surface area contributed by atoms with E-state index < -0.39 is 0 Å². The maximum atomic E-state index is 12.6. The third kappa shape index (κ3) is 2.96. The van der Waals surface area contributed by atoms with Gasteiger partial charge in [0.25, 0.3) is 0 Å². The van der Waals surface area contributed by atoms with Crippen LogP contribution in [-0.4, -0.2) is 28.3 Å². The van der Waals surface area contributed by atoms with Crippen LogP contribution in [-0.2, 0) is 18.3 Å². The molecule has 0 saturated heterocycles. The number of fused-ring (bicyclic) bond motifs is 1. The molecule has 1 aromatic heterocycles. The topological polar surface area (TPSA) is 50.2 Å². The molecule has 5 heteroatoms. The number of benzene rings is 1. The second kappa shape index (κ2) is 6.07. The molecule has 2 aromatic rings. The number of rotatable bonds is 3. The molecule has 0 spiro atoms. The average Bonchev–Trinajstić information content (AvgIpc) is 2.76. The summed E-state index contributed by atoms with van der Waals surface area (Å²) in [6.45, 7) is 6.44. The maximum Gasteiger partial charge on any atom is 0.244 e. The zero-order valence-corrected chi connectivity index (χ0v) is 14.3. The van der Waals surface area contributed by atoms with Crippen LogP contribution in [0.4, 0.5) is 11.4 Å². The second-order valence-corrected chi connectivity index (χ2v) is 6.36. The van der Waals surface area contributed by atoms with Crippen molar-refractivity contribution in [3.63, 3.8) is 0 Å². The van der Waals surface area contributed by atoms with Gasteiger partial charge in [-0.1, -0.05) is 18.2 Å². The zero-order valence-electron chi connectivity index (χ0n) is 14.3. The van der Waals surface area contributed by atoms with Gasteiger partial charge >= 0.3 is 0 Å². The molecule has 1 aliphatic heterocycles. The van der Waals surface area contributed by atoms with E-state index in [0.29, 0.717) is 12.6 Å². The Morgan fingerprint density at radius 1 is 1.35 bits per heavy atom. The molecule has 2 heterocycles. The molecule has 0 saturated carbocycles. The summed E-state index contributed by atoms with van der Waals surface area (Å²) in [5.41, 5.74) is 5.16. The van der Waals surface area contributed by atoms with Gasteiger partial charge in [-0.05, 0) is 45.2 Å². The fourth-order valence-corrected chi connectivity index (χ4v) is 3.29. The van der Waals surface area contributed by atoms with Gasteiger partial charge in [0.2, 0.25) is 5.91 Å². The van der Waals surface area contributed by atoms with Gasteiger partial charge in [-0.25, -0.2) is 0 Å². The summed E-state index contributed by atoms with van der Waals surface area (Å²) in [5.74, 6) is 0.00718. The largest absolute Gasteiger partial charge is 0.359 e. The van der Waals surface area contributed by atoms with Crippen molar-refractivity contribution in [1.82, 2.24) is 9.78 Å². The third-order valence-corrected chi connectivity index (χ3v) is 4.75. The summed E-state index contributed by atoms with van der Waals surface area (Å²) in [6.07, 6.45) is 2.16. The van der Waals surface area contributed by atoms with Crippen molar-refractivity contribution in [2.45, 2.75) is 39.7 Å². The highest BCUT2D eigenvalue weighted by molar-refractivity contribution is 5.95. The van der Waals surface area contributed by atoms with Crippen LogP contribution in [0.5, 0.6) is 0 Å². The highest BCUT2D eigenvalue weighted by atomic mass is 16.2. The summed E-state index contributed by atoms with van der Waals surface area (Å²) in [4.78, 5) is 14.8. The van der Waals surface area contributed by atoms with Gasteiger partial charge in [-0.2, -0.15) is 5.10 Å². The van der Waals surface area contributed by atoms with Crippen LogP contribution in [0.15, 0.2) is 24.3 Å². The van der Waals surface area contributed by atoms with Crippen molar-refractivity contribution in [2.75, 3.05) is 16.8 Å². The van der Waals surface area contributed by atoms with Gasteiger partial charge in [0, 0.05) is 18.8 Å². The number of amides is 1. The van der Waals surface area contributed by atoms with Crippen molar-refractivity contribution >= 4 is 17.3 Å². The van der Waals surface area contributed by atoms with Crippen LogP contribution < -0.4 is 10.2 Å². The number of hydrogen-bond acceptors (Lipinski definition) is 3. The lowest BCUT2D eigenvalue weighted by Crippen LogP contribution is -2.42. The van der Waals surface area contributed by atoms with Gasteiger partial charge in [0.1, 0.15) is 0 Å². The molecule has 0 radical (unpaired) electrons. The first-order valence-corrected chi connectivity index (χ1v) is 8.12. The lowest BCUT2D eigenvalue weighted by Gasteiger charge is -2.36. The molecule has 1 atom stereocenters. The quantitative estimate of drug-likeness (QED) is 0.948. The summed E-state index contributed by atoms with van der Waals surface area (Å²) >= 11 is 0. The molecule has 3 rings (SSSR count). The van der Waals surface area contributed by atoms with Crippen molar-refractivity contribution in [3.05, 3.63) is 41.2 Å². The lowest BCUT2D eigenvalue weighted by atomic mass is 9.96. The van der Waals surface area contributed by atoms with Crippen molar-refractivity contribution < 1.29 is 4.79 Å². The molecule has 122 valence electrons.